The lowest BCUT2D eigenvalue weighted by molar-refractivity contribution is 0.101. The van der Waals surface area contributed by atoms with Crippen LogP contribution in [0.2, 0.25) is 0 Å². The fraction of sp³-hybridized carbons (Fsp3) is 0. The van der Waals surface area contributed by atoms with E-state index in [9.17, 15) is 9.18 Å². The van der Waals surface area contributed by atoms with Gasteiger partial charge in [0, 0.05) is 0 Å². The summed E-state index contributed by atoms with van der Waals surface area (Å²) >= 11 is 1.78. The van der Waals surface area contributed by atoms with Gasteiger partial charge in [-0.05, 0) is 45.0 Å². The molecular formula is C9H6FIN4O2. The zero-order chi connectivity index (χ0) is 12.4. The van der Waals surface area contributed by atoms with Gasteiger partial charge in [-0.15, -0.1) is 0 Å². The Balaban J connectivity index is 2.25. The number of hydrogen-bond acceptors (Lipinski definition) is 5. The van der Waals surface area contributed by atoms with E-state index < -0.39 is 11.7 Å². The number of nitrogens with one attached hydrogen (secondary N) is 1. The summed E-state index contributed by atoms with van der Waals surface area (Å²) in [7, 11) is 0. The maximum absolute atomic E-state index is 13.2. The van der Waals surface area contributed by atoms with E-state index in [1.807, 2.05) is 0 Å². The number of anilines is 2. The third-order valence-electron chi connectivity index (χ3n) is 1.93. The van der Waals surface area contributed by atoms with Gasteiger partial charge in [-0.2, -0.15) is 0 Å². The summed E-state index contributed by atoms with van der Waals surface area (Å²) in [5.74, 6) is -1.14. The van der Waals surface area contributed by atoms with Gasteiger partial charge in [-0.25, -0.2) is 9.02 Å². The zero-order valence-corrected chi connectivity index (χ0v) is 10.4. The van der Waals surface area contributed by atoms with Crippen molar-refractivity contribution in [3.05, 3.63) is 33.3 Å². The van der Waals surface area contributed by atoms with Crippen molar-refractivity contribution in [3.63, 3.8) is 0 Å². The van der Waals surface area contributed by atoms with Crippen molar-refractivity contribution in [2.45, 2.75) is 0 Å². The van der Waals surface area contributed by atoms with E-state index in [-0.39, 0.29) is 11.5 Å². The Labute approximate surface area is 108 Å². The third-order valence-corrected chi connectivity index (χ3v) is 3.03. The monoisotopic (exact) mass is 348 g/mol. The molecule has 2 rings (SSSR count). The summed E-state index contributed by atoms with van der Waals surface area (Å²) in [4.78, 5) is 11.7. The molecule has 0 saturated carbocycles. The first-order chi connectivity index (χ1) is 8.09. The number of nitrogen functional groups attached to an aromatic ring is 1. The molecule has 2 aromatic rings. The van der Waals surface area contributed by atoms with E-state index in [1.54, 1.807) is 28.7 Å². The van der Waals surface area contributed by atoms with Crippen LogP contribution in [0.3, 0.4) is 0 Å². The van der Waals surface area contributed by atoms with Crippen LogP contribution >= 0.6 is 22.6 Å². The predicted octanol–water partition coefficient (Wildman–Crippen LogP) is 1.65. The topological polar surface area (TPSA) is 94.0 Å². The van der Waals surface area contributed by atoms with Gasteiger partial charge in [0.25, 0.3) is 5.91 Å². The molecule has 0 spiro atoms. The van der Waals surface area contributed by atoms with Crippen LogP contribution in [0.15, 0.2) is 22.8 Å². The number of carbonyl (C=O) groups excluding carboxylic acids is 1. The Hall–Kier alpha value is -1.71. The van der Waals surface area contributed by atoms with E-state index in [2.05, 4.69) is 20.3 Å². The van der Waals surface area contributed by atoms with Gasteiger partial charge in [-0.1, -0.05) is 6.07 Å². The van der Waals surface area contributed by atoms with Crippen molar-refractivity contribution in [2.75, 3.05) is 11.1 Å². The highest BCUT2D eigenvalue weighted by atomic mass is 127. The Kier molecular flexibility index (Phi) is 3.22. The molecule has 0 aliphatic heterocycles. The van der Waals surface area contributed by atoms with Crippen LogP contribution in [-0.4, -0.2) is 16.2 Å². The second-order valence-corrected chi connectivity index (χ2v) is 4.13. The standard InChI is InChI=1S/C9H6FIN4O2/c10-4-2-1-3-5(6(4)11)13-9(16)7-8(12)15-17-14-7/h1-3H,(H2,12,15)(H,13,16). The van der Waals surface area contributed by atoms with Gasteiger partial charge in [0.2, 0.25) is 11.5 Å². The van der Waals surface area contributed by atoms with E-state index in [0.29, 0.717) is 9.26 Å². The van der Waals surface area contributed by atoms with Crippen LogP contribution in [-0.2, 0) is 0 Å². The van der Waals surface area contributed by atoms with Gasteiger partial charge in [-0.3, -0.25) is 4.79 Å². The van der Waals surface area contributed by atoms with Crippen LogP contribution in [0.4, 0.5) is 15.9 Å². The van der Waals surface area contributed by atoms with Crippen LogP contribution in [0, 0.1) is 9.39 Å². The van der Waals surface area contributed by atoms with E-state index in [1.165, 1.54) is 12.1 Å². The fourth-order valence-electron chi connectivity index (χ4n) is 1.13. The molecule has 17 heavy (non-hydrogen) atoms. The summed E-state index contributed by atoms with van der Waals surface area (Å²) < 4.78 is 17.8. The second-order valence-electron chi connectivity index (χ2n) is 3.05. The van der Waals surface area contributed by atoms with E-state index in [0.717, 1.165) is 0 Å². The van der Waals surface area contributed by atoms with Gasteiger partial charge < -0.3 is 11.1 Å². The first-order valence-corrected chi connectivity index (χ1v) is 5.51. The molecule has 0 radical (unpaired) electrons. The Morgan fingerprint density at radius 1 is 1.47 bits per heavy atom. The highest BCUT2D eigenvalue weighted by Crippen LogP contribution is 2.21. The van der Waals surface area contributed by atoms with Crippen molar-refractivity contribution in [3.8, 4) is 0 Å². The third kappa shape index (κ3) is 2.35. The minimum atomic E-state index is -0.604. The minimum absolute atomic E-state index is 0.117. The molecule has 88 valence electrons. The lowest BCUT2D eigenvalue weighted by atomic mass is 10.3. The summed E-state index contributed by atoms with van der Waals surface area (Å²) in [6.45, 7) is 0. The molecule has 8 heteroatoms. The van der Waals surface area contributed by atoms with Crippen LogP contribution in [0.1, 0.15) is 10.5 Å². The normalized spacial score (nSPS) is 10.2. The maximum Gasteiger partial charge on any atom is 0.281 e. The average molecular weight is 348 g/mol. The molecule has 0 bridgehead atoms. The first kappa shape index (κ1) is 11.8. The summed E-state index contributed by atoms with van der Waals surface area (Å²) in [6, 6.07) is 4.34. The molecule has 3 N–H and O–H groups in total. The van der Waals surface area contributed by atoms with Gasteiger partial charge in [0.15, 0.2) is 0 Å². The lowest BCUT2D eigenvalue weighted by Crippen LogP contribution is -2.15. The number of nitrogens with zero attached hydrogens (tertiary/aromatic N) is 2. The molecule has 0 unspecified atom stereocenters. The van der Waals surface area contributed by atoms with Gasteiger partial charge in [0.1, 0.15) is 5.82 Å². The largest absolute Gasteiger partial charge is 0.379 e. The number of nitrogens with two attached hydrogens (primary N) is 1. The first-order valence-electron chi connectivity index (χ1n) is 4.43. The van der Waals surface area contributed by atoms with Crippen molar-refractivity contribution >= 4 is 40.0 Å². The SMILES string of the molecule is Nc1nonc1C(=O)Nc1cccc(F)c1I. The molecule has 0 saturated heterocycles. The summed E-state index contributed by atoms with van der Waals surface area (Å²) in [5, 5.41) is 9.08. The number of carbonyl (C=O) groups is 1. The Morgan fingerprint density at radius 2 is 2.24 bits per heavy atom. The van der Waals surface area contributed by atoms with Crippen molar-refractivity contribution in [2.24, 2.45) is 0 Å². The van der Waals surface area contributed by atoms with E-state index in [4.69, 9.17) is 5.73 Å². The molecule has 1 amide bonds. The number of hydrogen-bond donors (Lipinski definition) is 2. The van der Waals surface area contributed by atoms with Crippen LogP contribution in [0.5, 0.6) is 0 Å². The maximum atomic E-state index is 13.2. The predicted molar refractivity (Wildman–Crippen MR) is 65.8 cm³/mol. The lowest BCUT2D eigenvalue weighted by Gasteiger charge is -2.05. The van der Waals surface area contributed by atoms with Gasteiger partial charge in [0.05, 0.1) is 9.26 Å². The van der Waals surface area contributed by atoms with Crippen LogP contribution < -0.4 is 11.1 Å². The molecule has 1 aromatic heterocycles. The molecule has 0 fully saturated rings. The zero-order valence-electron chi connectivity index (χ0n) is 8.28. The summed E-state index contributed by atoms with van der Waals surface area (Å²) in [6.07, 6.45) is 0. The summed E-state index contributed by atoms with van der Waals surface area (Å²) in [5.41, 5.74) is 5.56. The minimum Gasteiger partial charge on any atom is -0.379 e. The van der Waals surface area contributed by atoms with Crippen molar-refractivity contribution < 1.29 is 13.8 Å². The highest BCUT2D eigenvalue weighted by molar-refractivity contribution is 14.1. The number of amides is 1. The number of aromatic nitrogens is 2. The van der Waals surface area contributed by atoms with E-state index >= 15 is 0 Å². The number of rotatable bonds is 2. The molecular weight excluding hydrogens is 342 g/mol. The molecule has 1 aromatic carbocycles. The molecule has 1 heterocycles. The van der Waals surface area contributed by atoms with Crippen LogP contribution in [0.25, 0.3) is 0 Å². The smallest absolute Gasteiger partial charge is 0.281 e. The van der Waals surface area contributed by atoms with Gasteiger partial charge >= 0.3 is 0 Å². The van der Waals surface area contributed by atoms with Crippen molar-refractivity contribution in [1.82, 2.24) is 10.3 Å². The fourth-order valence-corrected chi connectivity index (χ4v) is 1.63. The molecule has 0 aliphatic carbocycles. The highest BCUT2D eigenvalue weighted by Gasteiger charge is 2.17. The quantitative estimate of drug-likeness (QED) is 0.805. The van der Waals surface area contributed by atoms with Crippen molar-refractivity contribution in [1.29, 1.82) is 0 Å². The Morgan fingerprint density at radius 3 is 2.88 bits per heavy atom. The molecule has 6 nitrogen and oxygen atoms in total. The Bertz CT molecular complexity index is 572. The number of benzene rings is 1. The number of halogens is 2. The second kappa shape index (κ2) is 4.65. The molecule has 0 atom stereocenters. The molecule has 0 aliphatic rings. The average Bonchev–Trinajstić information content (AvgIpc) is 2.71.